The van der Waals surface area contributed by atoms with Crippen LogP contribution in [0.4, 0.5) is 0 Å². The summed E-state index contributed by atoms with van der Waals surface area (Å²) in [5.74, 6) is 0.708. The number of rotatable bonds is 5. The van der Waals surface area contributed by atoms with Crippen LogP contribution < -0.4 is 0 Å². The maximum absolute atomic E-state index is 8.84. The highest BCUT2D eigenvalue weighted by atomic mass is 16.2. The number of hydrogen-bond donors (Lipinski definition) is 1. The number of aliphatic hydroxyl groups excluding tert-OH is 1. The number of aliphatic hydroxyl groups is 1. The van der Waals surface area contributed by atoms with E-state index >= 15 is 0 Å². The lowest BCUT2D eigenvalue weighted by molar-refractivity contribution is 0.448. The summed E-state index contributed by atoms with van der Waals surface area (Å²) >= 11 is 0. The molecule has 0 radical (unpaired) electrons. The lowest BCUT2D eigenvalue weighted by Gasteiger charge is -2.09. The Morgan fingerprint density at radius 3 is 2.45 bits per heavy atom. The summed E-state index contributed by atoms with van der Waals surface area (Å²) in [6, 6.07) is 0. The van der Waals surface area contributed by atoms with Gasteiger partial charge in [0.25, 0.3) is 0 Å². The maximum Gasteiger partial charge on any atom is 0.0783 e. The Balaban J connectivity index is 3.69. The molecule has 1 nitrogen and oxygen atoms in total. The van der Waals surface area contributed by atoms with Crippen molar-refractivity contribution in [3.63, 3.8) is 0 Å². The zero-order valence-electron chi connectivity index (χ0n) is 7.93. The van der Waals surface area contributed by atoms with Crippen molar-refractivity contribution in [2.24, 2.45) is 5.92 Å². The van der Waals surface area contributed by atoms with Crippen LogP contribution in [0.3, 0.4) is 0 Å². The first-order valence-corrected chi connectivity index (χ1v) is 4.56. The zero-order chi connectivity index (χ0) is 8.69. The van der Waals surface area contributed by atoms with Crippen LogP contribution in [0.2, 0.25) is 0 Å². The van der Waals surface area contributed by atoms with Crippen molar-refractivity contribution in [2.75, 3.05) is 0 Å². The van der Waals surface area contributed by atoms with Crippen LogP contribution in [-0.4, -0.2) is 5.11 Å². The summed E-state index contributed by atoms with van der Waals surface area (Å²) in [5, 5.41) is 8.84. The van der Waals surface area contributed by atoms with Crippen LogP contribution in [0.1, 0.15) is 46.5 Å². The van der Waals surface area contributed by atoms with E-state index in [2.05, 4.69) is 20.8 Å². The van der Waals surface area contributed by atoms with Gasteiger partial charge in [-0.1, -0.05) is 33.6 Å². The Morgan fingerprint density at radius 1 is 1.45 bits per heavy atom. The van der Waals surface area contributed by atoms with E-state index in [1.165, 1.54) is 18.3 Å². The summed E-state index contributed by atoms with van der Waals surface area (Å²) in [5.41, 5.74) is 1.20. The second-order valence-electron chi connectivity index (χ2n) is 3.25. The normalized spacial score (nSPS) is 15.0. The van der Waals surface area contributed by atoms with Gasteiger partial charge < -0.3 is 5.11 Å². The first-order chi connectivity index (χ1) is 5.24. The minimum Gasteiger partial charge on any atom is -0.516 e. The molecule has 0 aliphatic heterocycles. The molecule has 66 valence electrons. The van der Waals surface area contributed by atoms with Crippen LogP contribution in [-0.2, 0) is 0 Å². The van der Waals surface area contributed by atoms with E-state index in [0.29, 0.717) is 5.92 Å². The molecule has 11 heavy (non-hydrogen) atoms. The predicted octanol–water partition coefficient (Wildman–Crippen LogP) is 3.66. The first-order valence-electron chi connectivity index (χ1n) is 4.56. The Labute approximate surface area is 70.1 Å². The van der Waals surface area contributed by atoms with Gasteiger partial charge in [-0.25, -0.2) is 0 Å². The molecule has 0 heterocycles. The Morgan fingerprint density at radius 2 is 2.09 bits per heavy atom. The van der Waals surface area contributed by atoms with E-state index in [0.717, 1.165) is 19.3 Å². The third kappa shape index (κ3) is 4.88. The fourth-order valence-corrected chi connectivity index (χ4v) is 1.13. The van der Waals surface area contributed by atoms with Gasteiger partial charge in [-0.15, -0.1) is 0 Å². The van der Waals surface area contributed by atoms with Gasteiger partial charge in [0.05, 0.1) is 6.26 Å². The largest absolute Gasteiger partial charge is 0.516 e. The molecule has 0 saturated carbocycles. The number of allylic oxidation sites excluding steroid dienone is 1. The molecule has 0 spiro atoms. The second kappa shape index (κ2) is 6.26. The summed E-state index contributed by atoms with van der Waals surface area (Å²) < 4.78 is 0. The molecule has 0 bridgehead atoms. The monoisotopic (exact) mass is 156 g/mol. The Bertz CT molecular complexity index is 116. The molecule has 0 aromatic rings. The summed E-state index contributed by atoms with van der Waals surface area (Å²) in [4.78, 5) is 0. The van der Waals surface area contributed by atoms with E-state index in [4.69, 9.17) is 5.11 Å². The summed E-state index contributed by atoms with van der Waals surface area (Å²) in [7, 11) is 0. The Hall–Kier alpha value is -0.460. The van der Waals surface area contributed by atoms with Crippen molar-refractivity contribution < 1.29 is 5.11 Å². The zero-order valence-corrected chi connectivity index (χ0v) is 7.93. The topological polar surface area (TPSA) is 20.2 Å². The predicted molar refractivity (Wildman–Crippen MR) is 49.7 cm³/mol. The maximum atomic E-state index is 8.84. The third-order valence-corrected chi connectivity index (χ3v) is 2.06. The van der Waals surface area contributed by atoms with Crippen LogP contribution in [0.15, 0.2) is 11.8 Å². The minimum atomic E-state index is 0.708. The smallest absolute Gasteiger partial charge is 0.0783 e. The van der Waals surface area contributed by atoms with Crippen molar-refractivity contribution in [3.8, 4) is 0 Å². The lowest BCUT2D eigenvalue weighted by atomic mass is 9.97. The molecule has 1 atom stereocenters. The van der Waals surface area contributed by atoms with Crippen molar-refractivity contribution in [1.29, 1.82) is 0 Å². The second-order valence-corrected chi connectivity index (χ2v) is 3.25. The van der Waals surface area contributed by atoms with Gasteiger partial charge in [0.1, 0.15) is 0 Å². The average molecular weight is 156 g/mol. The lowest BCUT2D eigenvalue weighted by Crippen LogP contribution is -1.95. The van der Waals surface area contributed by atoms with Gasteiger partial charge in [-0.3, -0.25) is 0 Å². The minimum absolute atomic E-state index is 0.708. The molecule has 1 N–H and O–H groups in total. The van der Waals surface area contributed by atoms with Crippen LogP contribution in [0.5, 0.6) is 0 Å². The van der Waals surface area contributed by atoms with Gasteiger partial charge in [0.2, 0.25) is 0 Å². The quantitative estimate of drug-likeness (QED) is 0.602. The molecule has 0 saturated heterocycles. The standard InChI is InChI=1S/C10H20O/c1-4-6-10(8-11)7-9(3)5-2/h8-9,11H,4-7H2,1-3H3/b10-8+. The first kappa shape index (κ1) is 10.5. The van der Waals surface area contributed by atoms with Gasteiger partial charge >= 0.3 is 0 Å². The van der Waals surface area contributed by atoms with E-state index in [1.807, 2.05) is 0 Å². The molecular formula is C10H20O. The van der Waals surface area contributed by atoms with E-state index in [-0.39, 0.29) is 0 Å². The van der Waals surface area contributed by atoms with Gasteiger partial charge in [-0.2, -0.15) is 0 Å². The van der Waals surface area contributed by atoms with E-state index < -0.39 is 0 Å². The third-order valence-electron chi connectivity index (χ3n) is 2.06. The van der Waals surface area contributed by atoms with Crippen LogP contribution in [0.25, 0.3) is 0 Å². The van der Waals surface area contributed by atoms with Gasteiger partial charge in [0.15, 0.2) is 0 Å². The molecule has 0 aliphatic rings. The molecule has 1 unspecified atom stereocenters. The van der Waals surface area contributed by atoms with E-state index in [9.17, 15) is 0 Å². The van der Waals surface area contributed by atoms with Crippen molar-refractivity contribution >= 4 is 0 Å². The molecule has 0 fully saturated rings. The fraction of sp³-hybridized carbons (Fsp3) is 0.800. The molecule has 1 heteroatoms. The van der Waals surface area contributed by atoms with Crippen molar-refractivity contribution in [1.82, 2.24) is 0 Å². The fourth-order valence-electron chi connectivity index (χ4n) is 1.13. The number of hydrogen-bond acceptors (Lipinski definition) is 1. The summed E-state index contributed by atoms with van der Waals surface area (Å²) in [6.45, 7) is 6.55. The van der Waals surface area contributed by atoms with Gasteiger partial charge in [0, 0.05) is 0 Å². The van der Waals surface area contributed by atoms with Crippen molar-refractivity contribution in [3.05, 3.63) is 11.8 Å². The van der Waals surface area contributed by atoms with Crippen LogP contribution in [0, 0.1) is 5.92 Å². The molecule has 0 rings (SSSR count). The molecule has 0 amide bonds. The highest BCUT2D eigenvalue weighted by Crippen LogP contribution is 2.17. The highest BCUT2D eigenvalue weighted by Gasteiger charge is 2.02. The average Bonchev–Trinajstić information content (AvgIpc) is 2.03. The van der Waals surface area contributed by atoms with Crippen LogP contribution >= 0.6 is 0 Å². The highest BCUT2D eigenvalue weighted by molar-refractivity contribution is 4.97. The molecule has 0 aromatic carbocycles. The Kier molecular flexibility index (Phi) is 6.00. The van der Waals surface area contributed by atoms with Gasteiger partial charge in [-0.05, 0) is 24.3 Å². The molecule has 0 aromatic heterocycles. The summed E-state index contributed by atoms with van der Waals surface area (Å²) in [6.07, 6.45) is 5.71. The molecule has 0 aliphatic carbocycles. The van der Waals surface area contributed by atoms with Crippen molar-refractivity contribution in [2.45, 2.75) is 46.5 Å². The molecular weight excluding hydrogens is 136 g/mol. The SMILES string of the molecule is CCC/C(=C\O)CC(C)CC. The van der Waals surface area contributed by atoms with E-state index in [1.54, 1.807) is 0 Å².